The average Bonchev–Trinajstić information content (AvgIpc) is 3.29. The number of aryl methyl sites for hydroxylation is 2. The first kappa shape index (κ1) is 30.4. The zero-order valence-electron chi connectivity index (χ0n) is 24.5. The highest BCUT2D eigenvalue weighted by molar-refractivity contribution is 6.00. The lowest BCUT2D eigenvalue weighted by atomic mass is 10.0. The van der Waals surface area contributed by atoms with Crippen molar-refractivity contribution in [2.75, 3.05) is 42.7 Å². The normalized spacial score (nSPS) is 17.6. The third kappa shape index (κ3) is 7.38. The Kier molecular flexibility index (Phi) is 9.68. The van der Waals surface area contributed by atoms with Gasteiger partial charge in [-0.05, 0) is 51.1 Å². The standard InChI is InChI=1S/C30H38N6O6/c1-18-15-36(19(2)17-37)27(38)14-22-13-24(31-29(39)33-28-20(3)34-42-21(28)4)11-12-25(22)41-26(18)16-35(5)30(40)32-23-9-7-6-8-10-23/h6-13,18-19,26,37H,14-17H2,1-5H3,(H,32,40)(H2,31,33,39)/t18-,19-,26+/m1/s1. The summed E-state index contributed by atoms with van der Waals surface area (Å²) in [7, 11) is 1.69. The molecule has 5 amide bonds. The van der Waals surface area contributed by atoms with Crippen LogP contribution in [0.1, 0.15) is 30.9 Å². The van der Waals surface area contributed by atoms with Crippen LogP contribution in [0.15, 0.2) is 53.1 Å². The van der Waals surface area contributed by atoms with Gasteiger partial charge in [-0.15, -0.1) is 0 Å². The molecule has 42 heavy (non-hydrogen) atoms. The highest BCUT2D eigenvalue weighted by Gasteiger charge is 2.32. The molecule has 224 valence electrons. The number of hydrogen-bond acceptors (Lipinski definition) is 7. The smallest absolute Gasteiger partial charge is 0.323 e. The van der Waals surface area contributed by atoms with Crippen LogP contribution in [-0.4, -0.2) is 76.9 Å². The summed E-state index contributed by atoms with van der Waals surface area (Å²) in [6.07, 6.45) is -0.471. The van der Waals surface area contributed by atoms with E-state index in [1.54, 1.807) is 68.0 Å². The van der Waals surface area contributed by atoms with E-state index < -0.39 is 18.2 Å². The molecule has 4 rings (SSSR count). The molecule has 0 saturated carbocycles. The molecule has 1 aliphatic heterocycles. The predicted molar refractivity (Wildman–Crippen MR) is 159 cm³/mol. The van der Waals surface area contributed by atoms with Crippen molar-refractivity contribution in [3.63, 3.8) is 0 Å². The third-order valence-electron chi connectivity index (χ3n) is 7.27. The number of carbonyl (C=O) groups excluding carboxylic acids is 3. The quantitative estimate of drug-likeness (QED) is 0.327. The number of benzene rings is 2. The number of anilines is 3. The van der Waals surface area contributed by atoms with Crippen LogP contribution in [-0.2, 0) is 11.2 Å². The second kappa shape index (κ2) is 13.4. The minimum atomic E-state index is -0.493. The number of carbonyl (C=O) groups is 3. The van der Waals surface area contributed by atoms with Crippen LogP contribution >= 0.6 is 0 Å². The third-order valence-corrected chi connectivity index (χ3v) is 7.27. The number of nitrogens with one attached hydrogen (secondary N) is 3. The number of para-hydroxylation sites is 1. The maximum Gasteiger partial charge on any atom is 0.323 e. The Morgan fingerprint density at radius 1 is 1.12 bits per heavy atom. The first-order valence-electron chi connectivity index (χ1n) is 13.8. The molecule has 0 spiro atoms. The second-order valence-corrected chi connectivity index (χ2v) is 10.7. The molecule has 4 N–H and O–H groups in total. The SMILES string of the molecule is Cc1noc(C)c1NC(=O)Nc1ccc2c(c1)CC(=O)N([C@H](C)CO)C[C@@H](C)[C@H](CN(C)C(=O)Nc1ccccc1)O2. The number of ether oxygens (including phenoxy) is 1. The molecular weight excluding hydrogens is 540 g/mol. The highest BCUT2D eigenvalue weighted by Crippen LogP contribution is 2.29. The molecule has 0 fully saturated rings. The van der Waals surface area contributed by atoms with E-state index in [0.717, 1.165) is 0 Å². The zero-order chi connectivity index (χ0) is 30.4. The lowest BCUT2D eigenvalue weighted by Crippen LogP contribution is -2.48. The van der Waals surface area contributed by atoms with Gasteiger partial charge in [0.05, 0.1) is 25.6 Å². The maximum absolute atomic E-state index is 13.5. The summed E-state index contributed by atoms with van der Waals surface area (Å²) in [5.41, 5.74) is 2.74. The molecule has 1 aliphatic rings. The van der Waals surface area contributed by atoms with Crippen LogP contribution in [0.3, 0.4) is 0 Å². The number of urea groups is 2. The van der Waals surface area contributed by atoms with Gasteiger partial charge in [0.1, 0.15) is 23.2 Å². The number of aliphatic hydroxyl groups is 1. The Morgan fingerprint density at radius 3 is 2.52 bits per heavy atom. The van der Waals surface area contributed by atoms with Crippen molar-refractivity contribution in [3.05, 3.63) is 65.5 Å². The van der Waals surface area contributed by atoms with Gasteiger partial charge in [-0.3, -0.25) is 4.79 Å². The maximum atomic E-state index is 13.5. The Bertz CT molecular complexity index is 1390. The minimum Gasteiger partial charge on any atom is -0.488 e. The molecule has 0 bridgehead atoms. The van der Waals surface area contributed by atoms with Crippen LogP contribution < -0.4 is 20.7 Å². The van der Waals surface area contributed by atoms with Crippen LogP contribution in [0, 0.1) is 19.8 Å². The molecule has 0 saturated heterocycles. The molecule has 0 unspecified atom stereocenters. The number of likely N-dealkylation sites (N-methyl/N-ethyl adjacent to an activating group) is 1. The van der Waals surface area contributed by atoms with Crippen molar-refractivity contribution >= 4 is 35.0 Å². The van der Waals surface area contributed by atoms with Crippen molar-refractivity contribution in [1.29, 1.82) is 0 Å². The molecular formula is C30H38N6O6. The second-order valence-electron chi connectivity index (χ2n) is 10.7. The number of nitrogens with zero attached hydrogens (tertiary/aromatic N) is 3. The van der Waals surface area contributed by atoms with Crippen molar-refractivity contribution in [2.24, 2.45) is 5.92 Å². The summed E-state index contributed by atoms with van der Waals surface area (Å²) >= 11 is 0. The van der Waals surface area contributed by atoms with E-state index >= 15 is 0 Å². The Balaban J connectivity index is 1.56. The Morgan fingerprint density at radius 2 is 1.86 bits per heavy atom. The summed E-state index contributed by atoms with van der Waals surface area (Å²) in [5, 5.41) is 22.1. The zero-order valence-corrected chi connectivity index (χ0v) is 24.5. The average molecular weight is 579 g/mol. The Hall–Kier alpha value is -4.58. The number of amides is 5. The summed E-state index contributed by atoms with van der Waals surface area (Å²) in [6.45, 7) is 7.55. The van der Waals surface area contributed by atoms with Gasteiger partial charge in [0.2, 0.25) is 5.91 Å². The van der Waals surface area contributed by atoms with Gasteiger partial charge in [-0.1, -0.05) is 30.3 Å². The molecule has 2 aromatic carbocycles. The van der Waals surface area contributed by atoms with Gasteiger partial charge >= 0.3 is 12.1 Å². The van der Waals surface area contributed by atoms with Crippen LogP contribution in [0.25, 0.3) is 0 Å². The molecule has 3 aromatic rings. The fraction of sp³-hybridized carbons (Fsp3) is 0.400. The first-order valence-corrected chi connectivity index (χ1v) is 13.8. The molecule has 1 aromatic heterocycles. The largest absolute Gasteiger partial charge is 0.488 e. The summed E-state index contributed by atoms with van der Waals surface area (Å²) in [5.74, 6) is 0.602. The van der Waals surface area contributed by atoms with Gasteiger partial charge in [-0.25, -0.2) is 9.59 Å². The molecule has 0 radical (unpaired) electrons. The number of hydrogen-bond donors (Lipinski definition) is 4. The van der Waals surface area contributed by atoms with E-state index in [2.05, 4.69) is 21.1 Å². The molecule has 2 heterocycles. The lowest BCUT2D eigenvalue weighted by molar-refractivity contribution is -0.134. The molecule has 12 nitrogen and oxygen atoms in total. The Labute approximate surface area is 245 Å². The van der Waals surface area contributed by atoms with Crippen molar-refractivity contribution in [2.45, 2.75) is 46.3 Å². The molecule has 12 heteroatoms. The van der Waals surface area contributed by atoms with Gasteiger partial charge in [0.15, 0.2) is 5.76 Å². The number of rotatable bonds is 7. The van der Waals surface area contributed by atoms with E-state index in [0.29, 0.717) is 46.4 Å². The first-order chi connectivity index (χ1) is 20.0. The minimum absolute atomic E-state index is 0.00442. The van der Waals surface area contributed by atoms with Crippen molar-refractivity contribution in [3.8, 4) is 5.75 Å². The predicted octanol–water partition coefficient (Wildman–Crippen LogP) is 4.25. The number of fused-ring (bicyclic) bond motifs is 1. The van der Waals surface area contributed by atoms with Crippen LogP contribution in [0.4, 0.5) is 26.7 Å². The summed E-state index contributed by atoms with van der Waals surface area (Å²) in [4.78, 5) is 42.3. The highest BCUT2D eigenvalue weighted by atomic mass is 16.5. The molecule has 0 aliphatic carbocycles. The van der Waals surface area contributed by atoms with Gasteiger partial charge < -0.3 is 40.1 Å². The van der Waals surface area contributed by atoms with Crippen molar-refractivity contribution < 1.29 is 28.8 Å². The van der Waals surface area contributed by atoms with Gasteiger partial charge in [0.25, 0.3) is 0 Å². The fourth-order valence-electron chi connectivity index (χ4n) is 4.76. The van der Waals surface area contributed by atoms with Crippen LogP contribution in [0.2, 0.25) is 0 Å². The lowest BCUT2D eigenvalue weighted by Gasteiger charge is -2.34. The van der Waals surface area contributed by atoms with E-state index in [4.69, 9.17) is 9.26 Å². The van der Waals surface area contributed by atoms with E-state index in [-0.39, 0.29) is 37.4 Å². The summed E-state index contributed by atoms with van der Waals surface area (Å²) < 4.78 is 11.6. The van der Waals surface area contributed by atoms with Gasteiger partial charge in [0, 0.05) is 36.4 Å². The van der Waals surface area contributed by atoms with Crippen molar-refractivity contribution in [1.82, 2.24) is 15.0 Å². The topological polar surface area (TPSA) is 149 Å². The van der Waals surface area contributed by atoms with E-state index in [1.165, 1.54) is 0 Å². The van der Waals surface area contributed by atoms with E-state index in [9.17, 15) is 19.5 Å². The monoisotopic (exact) mass is 578 g/mol. The number of aliphatic hydroxyl groups excluding tert-OH is 1. The fourth-order valence-corrected chi connectivity index (χ4v) is 4.76. The van der Waals surface area contributed by atoms with Gasteiger partial charge in [-0.2, -0.15) is 0 Å². The molecule has 3 atom stereocenters. The summed E-state index contributed by atoms with van der Waals surface area (Å²) in [6, 6.07) is 13.1. The number of aromatic nitrogens is 1. The van der Waals surface area contributed by atoms with E-state index in [1.807, 2.05) is 25.1 Å². The van der Waals surface area contributed by atoms with Crippen LogP contribution in [0.5, 0.6) is 5.75 Å².